The van der Waals surface area contributed by atoms with Crippen LogP contribution in [0.5, 0.6) is 0 Å². The number of alkyl halides is 3. The first kappa shape index (κ1) is 29.1. The van der Waals surface area contributed by atoms with E-state index in [1.807, 2.05) is 18.2 Å². The lowest BCUT2D eigenvalue weighted by Crippen LogP contribution is -2.38. The van der Waals surface area contributed by atoms with Gasteiger partial charge in [-0.3, -0.25) is 4.79 Å². The summed E-state index contributed by atoms with van der Waals surface area (Å²) in [5.41, 5.74) is 2.29. The van der Waals surface area contributed by atoms with Crippen LogP contribution in [0.4, 0.5) is 13.2 Å². The first-order chi connectivity index (χ1) is 20.7. The van der Waals surface area contributed by atoms with Gasteiger partial charge in [0.2, 0.25) is 0 Å². The van der Waals surface area contributed by atoms with Gasteiger partial charge in [0.05, 0.1) is 12.7 Å². The Morgan fingerprint density at radius 1 is 1.09 bits per heavy atom. The van der Waals surface area contributed by atoms with Crippen molar-refractivity contribution < 1.29 is 36.9 Å². The van der Waals surface area contributed by atoms with Crippen LogP contribution in [0.2, 0.25) is 0 Å². The number of benzene rings is 2. The van der Waals surface area contributed by atoms with Gasteiger partial charge >= 0.3 is 12.1 Å². The van der Waals surface area contributed by atoms with E-state index in [0.717, 1.165) is 42.6 Å². The van der Waals surface area contributed by atoms with Gasteiger partial charge in [-0.05, 0) is 56.2 Å². The molecule has 0 saturated carbocycles. The van der Waals surface area contributed by atoms with E-state index in [1.165, 1.54) is 12.1 Å². The lowest BCUT2D eigenvalue weighted by atomic mass is 9.86. The number of carbonyl (C=O) groups excluding carboxylic acids is 1. The molecule has 2 aliphatic rings. The molecular formula is C32H32F3N3O5. The Morgan fingerprint density at radius 3 is 2.63 bits per heavy atom. The van der Waals surface area contributed by atoms with Gasteiger partial charge < -0.3 is 23.8 Å². The Labute approximate surface area is 246 Å². The Morgan fingerprint density at radius 2 is 1.86 bits per heavy atom. The predicted octanol–water partition coefficient (Wildman–Crippen LogP) is 6.48. The third-order valence-corrected chi connectivity index (χ3v) is 8.22. The maximum absolute atomic E-state index is 14.3. The number of esters is 1. The van der Waals surface area contributed by atoms with Crippen molar-refractivity contribution in [1.82, 2.24) is 15.2 Å². The van der Waals surface area contributed by atoms with Crippen molar-refractivity contribution in [3.05, 3.63) is 70.8 Å². The van der Waals surface area contributed by atoms with Crippen molar-refractivity contribution in [1.29, 1.82) is 0 Å². The van der Waals surface area contributed by atoms with E-state index in [4.69, 9.17) is 13.8 Å². The van der Waals surface area contributed by atoms with Crippen molar-refractivity contribution in [2.24, 2.45) is 5.92 Å². The molecule has 1 aliphatic carbocycles. The van der Waals surface area contributed by atoms with E-state index in [1.54, 1.807) is 25.1 Å². The number of nitrogens with zero attached hydrogens (tertiary/aromatic N) is 3. The molecule has 0 amide bonds. The average molecular weight is 596 g/mol. The molecule has 0 bridgehead atoms. The van der Waals surface area contributed by atoms with Crippen molar-refractivity contribution in [3.8, 4) is 34.0 Å². The second-order valence-corrected chi connectivity index (χ2v) is 11.1. The maximum atomic E-state index is 14.3. The average Bonchev–Trinajstić information content (AvgIpc) is 3.62. The second kappa shape index (κ2) is 12.0. The zero-order valence-corrected chi connectivity index (χ0v) is 23.7. The molecule has 1 N–H and O–H groups in total. The number of halogens is 3. The molecule has 43 heavy (non-hydrogen) atoms. The molecule has 2 aromatic carbocycles. The molecule has 8 nitrogen and oxygen atoms in total. The zero-order valence-electron chi connectivity index (χ0n) is 23.7. The summed E-state index contributed by atoms with van der Waals surface area (Å²) in [4.78, 5) is 14.1. The topological polar surface area (TPSA) is 102 Å². The molecule has 2 atom stereocenters. The van der Waals surface area contributed by atoms with Crippen molar-refractivity contribution in [3.63, 3.8) is 0 Å². The Balaban J connectivity index is 1.22. The molecular weight excluding hydrogens is 563 g/mol. The summed E-state index contributed by atoms with van der Waals surface area (Å²) in [6.45, 7) is 4.17. The van der Waals surface area contributed by atoms with Gasteiger partial charge in [-0.2, -0.15) is 13.2 Å². The number of carbonyl (C=O) groups is 1. The Kier molecular flexibility index (Phi) is 8.11. The minimum absolute atomic E-state index is 0.0505. The standard InChI is InChI=1S/C32H32F3N3O5/c1-2-41-26(40)15-19-7-6-14-38(17-19)18-25(39)22-11-12-23-21(16-22)10-13-24-28(23)36-43-31(24)29-27(32(33,34)35)30(42-37-29)20-8-4-3-5-9-20/h3-5,8-9,11-12,16,19,25,39H,2,6-7,10,13-15,17-18H2,1H3. The van der Waals surface area contributed by atoms with Crippen molar-refractivity contribution >= 4 is 5.97 Å². The molecule has 1 aliphatic heterocycles. The summed E-state index contributed by atoms with van der Waals surface area (Å²) in [6.07, 6.45) is -2.24. The fourth-order valence-corrected chi connectivity index (χ4v) is 6.24. The largest absolute Gasteiger partial charge is 0.466 e. The molecule has 4 aromatic rings. The number of piperidine rings is 1. The minimum Gasteiger partial charge on any atom is -0.466 e. The highest BCUT2D eigenvalue weighted by molar-refractivity contribution is 5.79. The number of rotatable bonds is 8. The van der Waals surface area contributed by atoms with Gasteiger partial charge in [0.25, 0.3) is 0 Å². The highest BCUT2D eigenvalue weighted by Crippen LogP contribution is 2.46. The first-order valence-corrected chi connectivity index (χ1v) is 14.5. The summed E-state index contributed by atoms with van der Waals surface area (Å²) in [5, 5.41) is 19.0. The van der Waals surface area contributed by atoms with Crippen LogP contribution >= 0.6 is 0 Å². The van der Waals surface area contributed by atoms with Crippen LogP contribution in [0, 0.1) is 5.92 Å². The normalized spacial score (nSPS) is 17.7. The van der Waals surface area contributed by atoms with E-state index in [2.05, 4.69) is 15.2 Å². The van der Waals surface area contributed by atoms with Gasteiger partial charge in [0.1, 0.15) is 11.3 Å². The van der Waals surface area contributed by atoms with Gasteiger partial charge in [0.15, 0.2) is 17.2 Å². The number of ether oxygens (including phenoxy) is 1. The summed E-state index contributed by atoms with van der Waals surface area (Å²) >= 11 is 0. The number of hydrogen-bond acceptors (Lipinski definition) is 8. The molecule has 3 heterocycles. The summed E-state index contributed by atoms with van der Waals surface area (Å²) in [5.74, 6) is -0.404. The number of β-amino-alcohol motifs (C(OH)–C–C–N with tert-alkyl or cyclic N) is 1. The van der Waals surface area contributed by atoms with Crippen LogP contribution in [0.15, 0.2) is 57.6 Å². The van der Waals surface area contributed by atoms with E-state index in [9.17, 15) is 23.1 Å². The molecule has 11 heteroatoms. The summed E-state index contributed by atoms with van der Waals surface area (Å²) < 4.78 is 58.7. The molecule has 1 saturated heterocycles. The SMILES string of the molecule is CCOC(=O)CC1CCCN(CC(O)c2ccc3c(c2)CCc2c-3noc2-c2noc(-c3ccccc3)c2C(F)(F)F)C1. The predicted molar refractivity (Wildman–Crippen MR) is 151 cm³/mol. The quantitative estimate of drug-likeness (QED) is 0.231. The summed E-state index contributed by atoms with van der Waals surface area (Å²) in [6, 6.07) is 13.6. The number of likely N-dealkylation sites (tertiary alicyclic amines) is 1. The first-order valence-electron chi connectivity index (χ1n) is 14.5. The van der Waals surface area contributed by atoms with E-state index in [0.29, 0.717) is 43.7 Å². The van der Waals surface area contributed by atoms with Crippen molar-refractivity contribution in [2.75, 3.05) is 26.2 Å². The molecule has 6 rings (SSSR count). The van der Waals surface area contributed by atoms with Crippen LogP contribution < -0.4 is 0 Å². The second-order valence-electron chi connectivity index (χ2n) is 11.1. The summed E-state index contributed by atoms with van der Waals surface area (Å²) in [7, 11) is 0. The van der Waals surface area contributed by atoms with Crippen LogP contribution in [0.1, 0.15) is 54.5 Å². The van der Waals surface area contributed by atoms with Crippen LogP contribution in [0.3, 0.4) is 0 Å². The third kappa shape index (κ3) is 5.96. The highest BCUT2D eigenvalue weighted by atomic mass is 19.4. The number of aromatic nitrogens is 2. The smallest absolute Gasteiger partial charge is 0.422 e. The number of fused-ring (bicyclic) bond motifs is 3. The van der Waals surface area contributed by atoms with Crippen LogP contribution in [-0.4, -0.2) is 52.5 Å². The number of aryl methyl sites for hydroxylation is 1. The molecule has 0 spiro atoms. The van der Waals surface area contributed by atoms with E-state index in [-0.39, 0.29) is 29.0 Å². The number of aliphatic hydroxyl groups is 1. The lowest BCUT2D eigenvalue weighted by molar-refractivity contribution is -0.144. The molecule has 226 valence electrons. The molecule has 1 fully saturated rings. The van der Waals surface area contributed by atoms with Gasteiger partial charge in [-0.1, -0.05) is 58.8 Å². The van der Waals surface area contributed by atoms with E-state index >= 15 is 0 Å². The van der Waals surface area contributed by atoms with Gasteiger partial charge in [-0.25, -0.2) is 0 Å². The third-order valence-electron chi connectivity index (χ3n) is 8.22. The van der Waals surface area contributed by atoms with E-state index < -0.39 is 23.5 Å². The number of hydrogen-bond donors (Lipinski definition) is 1. The zero-order chi connectivity index (χ0) is 30.1. The monoisotopic (exact) mass is 595 g/mol. The fourth-order valence-electron chi connectivity index (χ4n) is 6.24. The van der Waals surface area contributed by atoms with Crippen molar-refractivity contribution in [2.45, 2.75) is 51.3 Å². The van der Waals surface area contributed by atoms with Crippen LogP contribution in [0.25, 0.3) is 34.0 Å². The van der Waals surface area contributed by atoms with Crippen LogP contribution in [-0.2, 0) is 28.5 Å². The number of aliphatic hydroxyl groups excluding tert-OH is 1. The minimum atomic E-state index is -4.73. The highest BCUT2D eigenvalue weighted by Gasteiger charge is 2.43. The Hall–Kier alpha value is -3.96. The van der Waals surface area contributed by atoms with Gasteiger partial charge in [-0.15, -0.1) is 0 Å². The molecule has 2 aromatic heterocycles. The van der Waals surface area contributed by atoms with Gasteiger partial charge in [0, 0.05) is 36.2 Å². The maximum Gasteiger partial charge on any atom is 0.422 e. The lowest BCUT2D eigenvalue weighted by Gasteiger charge is -2.33. The molecule has 2 unspecified atom stereocenters. The Bertz CT molecular complexity index is 1600. The molecule has 0 radical (unpaired) electrons. The fraction of sp³-hybridized carbons (Fsp3) is 0.406.